The van der Waals surface area contributed by atoms with Gasteiger partial charge in [-0.15, -0.1) is 0 Å². The van der Waals surface area contributed by atoms with Crippen LogP contribution >= 0.6 is 0 Å². The second-order valence-electron chi connectivity index (χ2n) is 7.06. The lowest BCUT2D eigenvalue weighted by Gasteiger charge is -2.27. The van der Waals surface area contributed by atoms with Gasteiger partial charge >= 0.3 is 0 Å². The first-order chi connectivity index (χ1) is 11.1. The minimum Gasteiger partial charge on any atom is -0.368 e. The van der Waals surface area contributed by atoms with Crippen molar-refractivity contribution >= 4 is 5.91 Å². The summed E-state index contributed by atoms with van der Waals surface area (Å²) in [6.45, 7) is 6.00. The number of hydrogen-bond donors (Lipinski definition) is 0. The molecular weight excluding hydrogens is 290 g/mol. The number of aromatic nitrogens is 2. The van der Waals surface area contributed by atoms with Gasteiger partial charge < -0.3 is 9.64 Å². The molecule has 1 aromatic heterocycles. The summed E-state index contributed by atoms with van der Waals surface area (Å²) in [5, 5.41) is 4.53. The van der Waals surface area contributed by atoms with Crippen LogP contribution in [0.2, 0.25) is 0 Å². The predicted octanol–water partition coefficient (Wildman–Crippen LogP) is 2.84. The van der Waals surface area contributed by atoms with Crippen molar-refractivity contribution in [3.8, 4) is 0 Å². The minimum atomic E-state index is 0.152. The number of aryl methyl sites for hydroxylation is 2. The summed E-state index contributed by atoms with van der Waals surface area (Å²) in [6.07, 6.45) is 8.46. The van der Waals surface area contributed by atoms with Crippen LogP contribution in [0.5, 0.6) is 0 Å². The van der Waals surface area contributed by atoms with Crippen LogP contribution in [0, 0.1) is 13.8 Å². The van der Waals surface area contributed by atoms with Crippen LogP contribution in [0.25, 0.3) is 0 Å². The molecule has 1 aliphatic heterocycles. The van der Waals surface area contributed by atoms with E-state index in [0.29, 0.717) is 6.10 Å². The lowest BCUT2D eigenvalue weighted by Crippen LogP contribution is -2.41. The molecule has 23 heavy (non-hydrogen) atoms. The van der Waals surface area contributed by atoms with Gasteiger partial charge in [0.1, 0.15) is 6.61 Å². The van der Waals surface area contributed by atoms with Crippen LogP contribution in [-0.4, -0.2) is 45.9 Å². The van der Waals surface area contributed by atoms with Crippen molar-refractivity contribution < 1.29 is 9.53 Å². The van der Waals surface area contributed by atoms with E-state index in [1.807, 2.05) is 16.5 Å². The highest BCUT2D eigenvalue weighted by atomic mass is 16.5. The van der Waals surface area contributed by atoms with E-state index >= 15 is 0 Å². The number of ether oxygens (including phenoxy) is 1. The lowest BCUT2D eigenvalue weighted by atomic mass is 9.98. The summed E-state index contributed by atoms with van der Waals surface area (Å²) < 4.78 is 7.91. The number of rotatable bonds is 5. The fourth-order valence-corrected chi connectivity index (χ4v) is 3.92. The first-order valence-corrected chi connectivity index (χ1v) is 9.05. The summed E-state index contributed by atoms with van der Waals surface area (Å²) in [5.74, 6) is 0.152. The Hall–Kier alpha value is -1.36. The van der Waals surface area contributed by atoms with Gasteiger partial charge in [-0.25, -0.2) is 0 Å². The van der Waals surface area contributed by atoms with Crippen molar-refractivity contribution in [2.24, 2.45) is 0 Å². The van der Waals surface area contributed by atoms with Crippen LogP contribution in [0.4, 0.5) is 0 Å². The lowest BCUT2D eigenvalue weighted by molar-refractivity contribution is -0.139. The molecule has 1 aromatic rings. The largest absolute Gasteiger partial charge is 0.368 e. The molecule has 0 aromatic carbocycles. The summed E-state index contributed by atoms with van der Waals surface area (Å²) in [5.41, 5.74) is 2.21. The minimum absolute atomic E-state index is 0.152. The van der Waals surface area contributed by atoms with E-state index in [-0.39, 0.29) is 18.6 Å². The van der Waals surface area contributed by atoms with Crippen molar-refractivity contribution in [1.82, 2.24) is 14.7 Å². The molecule has 128 valence electrons. The van der Waals surface area contributed by atoms with Gasteiger partial charge in [0.2, 0.25) is 5.91 Å². The number of carbonyl (C=O) groups excluding carboxylic acids is 1. The van der Waals surface area contributed by atoms with Crippen molar-refractivity contribution in [3.05, 3.63) is 17.5 Å². The van der Waals surface area contributed by atoms with Crippen molar-refractivity contribution in [2.45, 2.75) is 77.5 Å². The molecule has 0 N–H and O–H groups in total. The van der Waals surface area contributed by atoms with Crippen LogP contribution < -0.4 is 0 Å². The van der Waals surface area contributed by atoms with Crippen LogP contribution in [-0.2, 0) is 16.1 Å². The molecule has 1 saturated heterocycles. The van der Waals surface area contributed by atoms with E-state index in [4.69, 9.17) is 4.74 Å². The van der Waals surface area contributed by atoms with E-state index < -0.39 is 0 Å². The van der Waals surface area contributed by atoms with Crippen LogP contribution in [0.15, 0.2) is 6.07 Å². The number of hydrogen-bond acceptors (Lipinski definition) is 3. The average molecular weight is 319 g/mol. The van der Waals surface area contributed by atoms with Crippen molar-refractivity contribution in [2.75, 3.05) is 13.2 Å². The summed E-state index contributed by atoms with van der Waals surface area (Å²) in [6, 6.07) is 2.35. The fourth-order valence-electron chi connectivity index (χ4n) is 3.92. The second-order valence-corrected chi connectivity index (χ2v) is 7.06. The third-order valence-electron chi connectivity index (χ3n) is 5.18. The molecule has 0 unspecified atom stereocenters. The predicted molar refractivity (Wildman–Crippen MR) is 89.3 cm³/mol. The zero-order valence-electron chi connectivity index (χ0n) is 14.5. The fraction of sp³-hybridized carbons (Fsp3) is 0.778. The Morgan fingerprint density at radius 3 is 2.70 bits per heavy atom. The standard InChI is InChI=1S/C18H29N3O2/c1-14-11-15(2)21(19-14)12-16-7-6-10-20(16)18(22)13-23-17-8-4-3-5-9-17/h11,16-17H,3-10,12-13H2,1-2H3/t16-/m0/s1. The molecule has 1 aliphatic carbocycles. The summed E-state index contributed by atoms with van der Waals surface area (Å²) >= 11 is 0. The Balaban J connectivity index is 1.53. The van der Waals surface area contributed by atoms with Gasteiger partial charge in [-0.2, -0.15) is 5.10 Å². The van der Waals surface area contributed by atoms with Gasteiger partial charge in [0.15, 0.2) is 0 Å². The molecular formula is C18H29N3O2. The first-order valence-electron chi connectivity index (χ1n) is 9.05. The third kappa shape index (κ3) is 4.14. The number of likely N-dealkylation sites (tertiary alicyclic amines) is 1. The molecule has 2 heterocycles. The molecule has 1 atom stereocenters. The van der Waals surface area contributed by atoms with E-state index in [2.05, 4.69) is 18.1 Å². The number of nitrogens with zero attached hydrogens (tertiary/aromatic N) is 3. The van der Waals surface area contributed by atoms with E-state index in [1.165, 1.54) is 25.0 Å². The zero-order valence-corrected chi connectivity index (χ0v) is 14.5. The highest BCUT2D eigenvalue weighted by Gasteiger charge is 2.30. The topological polar surface area (TPSA) is 47.4 Å². The molecule has 1 saturated carbocycles. The maximum Gasteiger partial charge on any atom is 0.248 e. The van der Waals surface area contributed by atoms with Gasteiger partial charge in [0.05, 0.1) is 24.4 Å². The zero-order chi connectivity index (χ0) is 16.2. The van der Waals surface area contributed by atoms with Gasteiger partial charge in [0.25, 0.3) is 0 Å². The molecule has 1 amide bonds. The Bertz CT molecular complexity index is 534. The quantitative estimate of drug-likeness (QED) is 0.838. The van der Waals surface area contributed by atoms with Gasteiger partial charge in [-0.3, -0.25) is 9.48 Å². The first kappa shape index (κ1) is 16.5. The van der Waals surface area contributed by atoms with Crippen molar-refractivity contribution in [3.63, 3.8) is 0 Å². The number of carbonyl (C=O) groups is 1. The molecule has 0 bridgehead atoms. The summed E-state index contributed by atoms with van der Waals surface area (Å²) in [7, 11) is 0. The summed E-state index contributed by atoms with van der Waals surface area (Å²) in [4.78, 5) is 14.6. The molecule has 5 heteroatoms. The average Bonchev–Trinajstić information content (AvgIpc) is 3.13. The molecule has 2 fully saturated rings. The number of amides is 1. The maximum absolute atomic E-state index is 12.5. The van der Waals surface area contributed by atoms with Gasteiger partial charge in [0, 0.05) is 12.2 Å². The molecule has 2 aliphatic rings. The van der Waals surface area contributed by atoms with Crippen molar-refractivity contribution in [1.29, 1.82) is 0 Å². The second kappa shape index (κ2) is 7.47. The smallest absolute Gasteiger partial charge is 0.248 e. The molecule has 3 rings (SSSR count). The van der Waals surface area contributed by atoms with Crippen LogP contribution in [0.1, 0.15) is 56.3 Å². The van der Waals surface area contributed by atoms with E-state index in [1.54, 1.807) is 0 Å². The normalized spacial score (nSPS) is 22.7. The highest BCUT2D eigenvalue weighted by Crippen LogP contribution is 2.22. The Kier molecular flexibility index (Phi) is 5.36. The molecule has 0 radical (unpaired) electrons. The Morgan fingerprint density at radius 1 is 1.22 bits per heavy atom. The maximum atomic E-state index is 12.5. The Morgan fingerprint density at radius 2 is 2.00 bits per heavy atom. The molecule has 5 nitrogen and oxygen atoms in total. The van der Waals surface area contributed by atoms with Crippen LogP contribution in [0.3, 0.4) is 0 Å². The van der Waals surface area contributed by atoms with Gasteiger partial charge in [-0.05, 0) is 45.6 Å². The van der Waals surface area contributed by atoms with E-state index in [9.17, 15) is 4.79 Å². The Labute approximate surface area is 139 Å². The third-order valence-corrected chi connectivity index (χ3v) is 5.18. The highest BCUT2D eigenvalue weighted by molar-refractivity contribution is 5.78. The SMILES string of the molecule is Cc1cc(C)n(C[C@@H]2CCCN2C(=O)COC2CCCCC2)n1. The van der Waals surface area contributed by atoms with E-state index in [0.717, 1.165) is 44.5 Å². The van der Waals surface area contributed by atoms with Gasteiger partial charge in [-0.1, -0.05) is 19.3 Å². The monoisotopic (exact) mass is 319 g/mol. The molecule has 0 spiro atoms.